The number of carboxylic acids is 1. The van der Waals surface area contributed by atoms with Crippen molar-refractivity contribution in [2.75, 3.05) is 5.75 Å². The summed E-state index contributed by atoms with van der Waals surface area (Å²) in [4.78, 5) is 23.6. The Morgan fingerprint density at radius 1 is 1.33 bits per heavy atom. The topological polar surface area (TPSA) is 57.2 Å². The lowest BCUT2D eigenvalue weighted by molar-refractivity contribution is -0.299. The molecular weight excluding hydrogens is 212 g/mol. The quantitative estimate of drug-likeness (QED) is 0.660. The summed E-state index contributed by atoms with van der Waals surface area (Å²) < 4.78 is 0. The van der Waals surface area contributed by atoms with Gasteiger partial charge in [0.25, 0.3) is 0 Å². The highest BCUT2D eigenvalue weighted by Crippen LogP contribution is 2.40. The Morgan fingerprint density at radius 3 is 2.73 bits per heavy atom. The molecule has 0 fully saturated rings. The van der Waals surface area contributed by atoms with Gasteiger partial charge < -0.3 is 9.90 Å². The van der Waals surface area contributed by atoms with Gasteiger partial charge in [-0.2, -0.15) is 0 Å². The minimum Gasteiger partial charge on any atom is -0.545 e. The van der Waals surface area contributed by atoms with Crippen molar-refractivity contribution in [2.24, 2.45) is 0 Å². The number of carboxylic acid groups (broad SMARTS) is 1. The monoisotopic (exact) mass is 223 g/mol. The molecule has 0 aromatic rings. The van der Waals surface area contributed by atoms with Crippen LogP contribution in [-0.4, -0.2) is 17.5 Å². The van der Waals surface area contributed by atoms with Crippen LogP contribution >= 0.6 is 11.8 Å². The van der Waals surface area contributed by atoms with E-state index in [-0.39, 0.29) is 5.78 Å². The minimum atomic E-state index is -1.14. The molecule has 4 heteroatoms. The molecule has 0 aromatic carbocycles. The second-order valence-electron chi connectivity index (χ2n) is 3.71. The van der Waals surface area contributed by atoms with Gasteiger partial charge >= 0.3 is 0 Å². The molecule has 0 saturated carbocycles. The third-order valence-electron chi connectivity index (χ3n) is 2.84. The van der Waals surface area contributed by atoms with Gasteiger partial charge in [-0.3, -0.25) is 4.79 Å². The molecule has 1 heterocycles. The second kappa shape index (κ2) is 3.85. The van der Waals surface area contributed by atoms with E-state index in [9.17, 15) is 14.7 Å². The van der Waals surface area contributed by atoms with Crippen molar-refractivity contribution >= 4 is 23.5 Å². The van der Waals surface area contributed by atoms with Crippen molar-refractivity contribution < 1.29 is 14.7 Å². The maximum absolute atomic E-state index is 11.7. The number of thioether (sulfide) groups is 1. The van der Waals surface area contributed by atoms with Gasteiger partial charge in [0, 0.05) is 17.7 Å². The molecule has 80 valence electrons. The molecule has 2 aliphatic rings. The molecule has 15 heavy (non-hydrogen) atoms. The van der Waals surface area contributed by atoms with Gasteiger partial charge in [0.2, 0.25) is 0 Å². The minimum absolute atomic E-state index is 0.0831. The standard InChI is InChI=1S/C11H12O3S/c1-6-7(11(13)14)2-3-9-10(6)8(12)4-5-15-9/h2-5H2,1H3,(H,13,14)/p-1. The number of carbonyl (C=O) groups is 2. The van der Waals surface area contributed by atoms with Gasteiger partial charge in [0.15, 0.2) is 5.78 Å². The lowest BCUT2D eigenvalue weighted by Gasteiger charge is -2.26. The molecule has 2 rings (SSSR count). The molecule has 0 amide bonds. The summed E-state index contributed by atoms with van der Waals surface area (Å²) in [6.45, 7) is 1.71. The molecule has 3 nitrogen and oxygen atoms in total. The van der Waals surface area contributed by atoms with E-state index in [2.05, 4.69) is 0 Å². The number of Topliss-reactive ketones (excluding diaryl/α,β-unsaturated/α-hetero) is 1. The molecule has 0 spiro atoms. The Morgan fingerprint density at radius 2 is 2.07 bits per heavy atom. The van der Waals surface area contributed by atoms with Crippen LogP contribution in [0.4, 0.5) is 0 Å². The van der Waals surface area contributed by atoms with E-state index >= 15 is 0 Å². The largest absolute Gasteiger partial charge is 0.545 e. The maximum Gasteiger partial charge on any atom is 0.164 e. The smallest absolute Gasteiger partial charge is 0.164 e. The number of allylic oxidation sites excluding steroid dienone is 3. The van der Waals surface area contributed by atoms with E-state index < -0.39 is 5.97 Å². The van der Waals surface area contributed by atoms with Crippen LogP contribution in [0.5, 0.6) is 0 Å². The first-order valence-electron chi connectivity index (χ1n) is 4.92. The van der Waals surface area contributed by atoms with Gasteiger partial charge in [-0.15, -0.1) is 11.8 Å². The molecule has 0 saturated heterocycles. The summed E-state index contributed by atoms with van der Waals surface area (Å²) in [6.07, 6.45) is 1.68. The molecular formula is C11H11O3S-. The third-order valence-corrected chi connectivity index (χ3v) is 4.00. The SMILES string of the molecule is CC1=C(C(=O)[O-])CCC2=C1C(=O)CCS2. The van der Waals surface area contributed by atoms with Crippen LogP contribution in [0.1, 0.15) is 26.2 Å². The first kappa shape index (κ1) is 10.5. The van der Waals surface area contributed by atoms with E-state index in [1.54, 1.807) is 18.7 Å². The number of ketones is 1. The molecule has 0 atom stereocenters. The third kappa shape index (κ3) is 1.74. The van der Waals surface area contributed by atoms with Gasteiger partial charge in [-0.05, 0) is 35.8 Å². The first-order chi connectivity index (χ1) is 7.11. The highest BCUT2D eigenvalue weighted by atomic mass is 32.2. The number of aliphatic carboxylic acids is 1. The number of hydrogen-bond acceptors (Lipinski definition) is 4. The average Bonchev–Trinajstić information content (AvgIpc) is 2.17. The van der Waals surface area contributed by atoms with Crippen LogP contribution in [0.3, 0.4) is 0 Å². The van der Waals surface area contributed by atoms with Crippen molar-refractivity contribution in [1.29, 1.82) is 0 Å². The van der Waals surface area contributed by atoms with Crippen molar-refractivity contribution in [1.82, 2.24) is 0 Å². The van der Waals surface area contributed by atoms with Crippen molar-refractivity contribution in [3.05, 3.63) is 21.6 Å². The highest BCUT2D eigenvalue weighted by Gasteiger charge is 2.27. The van der Waals surface area contributed by atoms with E-state index in [0.29, 0.717) is 36.0 Å². The molecule has 0 bridgehead atoms. The van der Waals surface area contributed by atoms with E-state index in [0.717, 1.165) is 10.7 Å². The van der Waals surface area contributed by atoms with Gasteiger partial charge in [-0.1, -0.05) is 0 Å². The summed E-state index contributed by atoms with van der Waals surface area (Å²) >= 11 is 1.68. The summed E-state index contributed by atoms with van der Waals surface area (Å²) in [7, 11) is 0. The van der Waals surface area contributed by atoms with Crippen LogP contribution in [-0.2, 0) is 9.59 Å². The summed E-state index contributed by atoms with van der Waals surface area (Å²) in [6, 6.07) is 0. The van der Waals surface area contributed by atoms with Gasteiger partial charge in [0.05, 0.1) is 5.97 Å². The molecule has 0 aromatic heterocycles. The number of carbonyl (C=O) groups excluding carboxylic acids is 2. The zero-order valence-corrected chi connectivity index (χ0v) is 9.28. The maximum atomic E-state index is 11.7. The predicted molar refractivity (Wildman–Crippen MR) is 56.0 cm³/mol. The Kier molecular flexibility index (Phi) is 2.69. The van der Waals surface area contributed by atoms with Gasteiger partial charge in [0.1, 0.15) is 0 Å². The van der Waals surface area contributed by atoms with Crippen molar-refractivity contribution in [3.8, 4) is 0 Å². The normalized spacial score (nSPS) is 21.8. The fraction of sp³-hybridized carbons (Fsp3) is 0.455. The molecule has 1 aliphatic heterocycles. The Bertz CT molecular complexity index is 404. The Hall–Kier alpha value is -1.03. The van der Waals surface area contributed by atoms with Crippen LogP contribution in [0.25, 0.3) is 0 Å². The Labute approximate surface area is 92.2 Å². The zero-order chi connectivity index (χ0) is 11.0. The van der Waals surface area contributed by atoms with Crippen LogP contribution in [0.15, 0.2) is 21.6 Å². The molecule has 0 N–H and O–H groups in total. The average molecular weight is 223 g/mol. The number of hydrogen-bond donors (Lipinski definition) is 0. The van der Waals surface area contributed by atoms with Crippen molar-refractivity contribution in [2.45, 2.75) is 26.2 Å². The summed E-state index contributed by atoms with van der Waals surface area (Å²) in [5, 5.41) is 10.8. The molecule has 0 unspecified atom stereocenters. The number of rotatable bonds is 1. The Balaban J connectivity index is 2.49. The lowest BCUT2D eigenvalue weighted by Crippen LogP contribution is -2.28. The predicted octanol–water partition coefficient (Wildman–Crippen LogP) is 0.807. The van der Waals surface area contributed by atoms with Crippen LogP contribution in [0.2, 0.25) is 0 Å². The zero-order valence-electron chi connectivity index (χ0n) is 8.46. The fourth-order valence-corrected chi connectivity index (χ4v) is 3.26. The highest BCUT2D eigenvalue weighted by molar-refractivity contribution is 8.03. The summed E-state index contributed by atoms with van der Waals surface area (Å²) in [5.74, 6) is -0.229. The molecule has 0 radical (unpaired) electrons. The van der Waals surface area contributed by atoms with Gasteiger partial charge in [-0.25, -0.2) is 0 Å². The van der Waals surface area contributed by atoms with Crippen LogP contribution in [0, 0.1) is 0 Å². The summed E-state index contributed by atoms with van der Waals surface area (Å²) in [5.41, 5.74) is 1.56. The van der Waals surface area contributed by atoms with E-state index in [4.69, 9.17) is 0 Å². The van der Waals surface area contributed by atoms with Crippen LogP contribution < -0.4 is 5.11 Å². The second-order valence-corrected chi connectivity index (χ2v) is 4.90. The van der Waals surface area contributed by atoms with E-state index in [1.807, 2.05) is 0 Å². The molecule has 1 aliphatic carbocycles. The first-order valence-corrected chi connectivity index (χ1v) is 5.90. The van der Waals surface area contributed by atoms with E-state index in [1.165, 1.54) is 0 Å². The lowest BCUT2D eigenvalue weighted by atomic mass is 9.88. The van der Waals surface area contributed by atoms with Crippen molar-refractivity contribution in [3.63, 3.8) is 0 Å². The fourth-order valence-electron chi connectivity index (χ4n) is 2.07.